The molecule has 0 fully saturated rings. The van der Waals surface area contributed by atoms with Crippen molar-refractivity contribution >= 4 is 48.7 Å². The number of halogens is 3. The normalized spacial score (nSPS) is 10.0. The molecule has 0 aliphatic heterocycles. The van der Waals surface area contributed by atoms with Crippen LogP contribution >= 0.6 is 43.5 Å². The van der Waals surface area contributed by atoms with Crippen LogP contribution in [0.2, 0.25) is 0 Å². The first-order valence-electron chi connectivity index (χ1n) is 11.1. The van der Waals surface area contributed by atoms with Gasteiger partial charge in [-0.2, -0.15) is 5.21 Å². The number of tetrazole rings is 1. The molecule has 13 heteroatoms. The van der Waals surface area contributed by atoms with Gasteiger partial charge in [0.25, 0.3) is 5.24 Å². The van der Waals surface area contributed by atoms with Crippen molar-refractivity contribution in [3.8, 4) is 34.3 Å². The lowest BCUT2D eigenvalue weighted by molar-refractivity contribution is 0.108. The third-order valence-corrected chi connectivity index (χ3v) is 5.93. The summed E-state index contributed by atoms with van der Waals surface area (Å²) in [5.74, 6) is 1.53. The van der Waals surface area contributed by atoms with Crippen LogP contribution in [-0.2, 0) is 0 Å². The number of benzene rings is 2. The Morgan fingerprint density at radius 1 is 0.744 bits per heavy atom. The highest BCUT2D eigenvalue weighted by atomic mass is 79.9. The number of hydrogen-bond donors (Lipinski definition) is 1. The van der Waals surface area contributed by atoms with Crippen molar-refractivity contribution < 1.29 is 9.21 Å². The number of hydrogen-bond acceptors (Lipinski definition) is 9. The zero-order valence-corrected chi connectivity index (χ0v) is 23.7. The van der Waals surface area contributed by atoms with Crippen molar-refractivity contribution in [2.75, 3.05) is 0 Å². The van der Waals surface area contributed by atoms with Gasteiger partial charge in [-0.3, -0.25) is 14.8 Å². The van der Waals surface area contributed by atoms with Crippen LogP contribution in [0.5, 0.6) is 0 Å². The summed E-state index contributed by atoms with van der Waals surface area (Å²) in [5.41, 5.74) is 3.07. The van der Waals surface area contributed by atoms with Crippen molar-refractivity contribution in [1.82, 2.24) is 40.8 Å². The third kappa shape index (κ3) is 8.43. The number of aromatic nitrogens is 8. The van der Waals surface area contributed by atoms with Crippen LogP contribution in [0, 0.1) is 0 Å². The van der Waals surface area contributed by atoms with Gasteiger partial charge in [0.05, 0.1) is 5.56 Å². The van der Waals surface area contributed by atoms with Crippen LogP contribution in [0.15, 0.2) is 111 Å². The van der Waals surface area contributed by atoms with Crippen molar-refractivity contribution in [2.24, 2.45) is 0 Å². The van der Waals surface area contributed by atoms with Crippen molar-refractivity contribution in [1.29, 1.82) is 0 Å². The molecule has 4 heterocycles. The first-order chi connectivity index (χ1) is 19.0. The second-order valence-electron chi connectivity index (χ2n) is 7.43. The quantitative estimate of drug-likeness (QED) is 0.205. The van der Waals surface area contributed by atoms with Crippen LogP contribution in [0.1, 0.15) is 10.4 Å². The number of nitrogens with zero attached hydrogens (tertiary/aromatic N) is 7. The maximum atomic E-state index is 10.5. The molecule has 1 N–H and O–H groups in total. The van der Waals surface area contributed by atoms with Crippen molar-refractivity contribution in [3.63, 3.8) is 0 Å². The molecule has 0 amide bonds. The Labute approximate surface area is 244 Å². The molecule has 0 unspecified atom stereocenters. The van der Waals surface area contributed by atoms with Gasteiger partial charge < -0.3 is 4.42 Å². The Hall–Kier alpha value is -4.13. The highest BCUT2D eigenvalue weighted by Crippen LogP contribution is 2.25. The summed E-state index contributed by atoms with van der Waals surface area (Å²) in [6, 6.07) is 22.1. The van der Waals surface area contributed by atoms with Gasteiger partial charge in [0, 0.05) is 50.4 Å². The minimum atomic E-state index is -0.429. The van der Waals surface area contributed by atoms with Gasteiger partial charge in [0.1, 0.15) is 0 Å². The largest absolute Gasteiger partial charge is 0.416 e. The van der Waals surface area contributed by atoms with Gasteiger partial charge in [0.15, 0.2) is 0 Å². The number of pyridine rings is 2. The van der Waals surface area contributed by atoms with E-state index in [1.165, 1.54) is 0 Å². The van der Waals surface area contributed by atoms with Gasteiger partial charge in [0.2, 0.25) is 17.6 Å². The van der Waals surface area contributed by atoms with Gasteiger partial charge in [-0.15, -0.1) is 20.4 Å². The fraction of sp³-hybridized carbons (Fsp3) is 0. The van der Waals surface area contributed by atoms with E-state index in [2.05, 4.69) is 72.6 Å². The third-order valence-electron chi connectivity index (χ3n) is 4.72. The second kappa shape index (κ2) is 14.1. The first-order valence-corrected chi connectivity index (χ1v) is 13.0. The lowest BCUT2D eigenvalue weighted by Gasteiger charge is -1.95. The molecule has 10 nitrogen and oxygen atoms in total. The zero-order chi connectivity index (χ0) is 27.5. The van der Waals surface area contributed by atoms with Crippen LogP contribution in [0.4, 0.5) is 0 Å². The highest BCUT2D eigenvalue weighted by Gasteiger charge is 2.10. The van der Waals surface area contributed by atoms with E-state index in [4.69, 9.17) is 16.0 Å². The Morgan fingerprint density at radius 3 is 1.90 bits per heavy atom. The summed E-state index contributed by atoms with van der Waals surface area (Å²) in [6.45, 7) is 0. The zero-order valence-electron chi connectivity index (χ0n) is 19.8. The number of nitrogens with one attached hydrogen (secondary N) is 1. The fourth-order valence-electron chi connectivity index (χ4n) is 2.96. The first kappa shape index (κ1) is 27.9. The lowest BCUT2D eigenvalue weighted by Crippen LogP contribution is -1.86. The maximum Gasteiger partial charge on any atom is 0.252 e. The molecule has 0 radical (unpaired) electrons. The molecule has 6 rings (SSSR count). The molecule has 194 valence electrons. The molecule has 0 atom stereocenters. The number of carbonyl (C=O) groups excluding carboxylic acids is 1. The summed E-state index contributed by atoms with van der Waals surface area (Å²) in [5, 5.41) is 21.0. The molecule has 0 aliphatic rings. The lowest BCUT2D eigenvalue weighted by atomic mass is 10.2. The maximum absolute atomic E-state index is 10.5. The summed E-state index contributed by atoms with van der Waals surface area (Å²) in [7, 11) is 0. The molecule has 2 aromatic carbocycles. The van der Waals surface area contributed by atoms with Crippen LogP contribution < -0.4 is 0 Å². The van der Waals surface area contributed by atoms with E-state index in [1.54, 1.807) is 43.0 Å². The van der Waals surface area contributed by atoms with E-state index >= 15 is 0 Å². The molecular weight excluding hydrogens is 652 g/mol. The molecule has 0 bridgehead atoms. The number of aromatic amines is 1. The monoisotopic (exact) mass is 666 g/mol. The molecule has 4 aromatic heterocycles. The Kier molecular flexibility index (Phi) is 10.1. The average Bonchev–Trinajstić information content (AvgIpc) is 3.68. The summed E-state index contributed by atoms with van der Waals surface area (Å²) < 4.78 is 7.46. The molecule has 0 spiro atoms. The summed E-state index contributed by atoms with van der Waals surface area (Å²) >= 11 is 11.8. The fourth-order valence-corrected chi connectivity index (χ4v) is 3.87. The molecule has 0 aliphatic carbocycles. The van der Waals surface area contributed by atoms with Gasteiger partial charge in [-0.05, 0) is 71.4 Å². The number of H-pyrrole nitrogens is 1. The smallest absolute Gasteiger partial charge is 0.252 e. The predicted octanol–water partition coefficient (Wildman–Crippen LogP) is 6.65. The Balaban J connectivity index is 0.000000145. The summed E-state index contributed by atoms with van der Waals surface area (Å²) in [6.07, 6.45) is 6.78. The molecule has 0 saturated heterocycles. The standard InChI is InChI=1S/C13H8BrN3O.C7H4BrClO.C6H5N5/c14-11-5-1-3-9(7-11)12-16-17-13(18-12)10-4-2-6-15-8-10;8-6-3-1-2-5(4-6)7(9)10;1-2-5(4-7-3-1)6-8-10-11-9-6/h1-8H;1-4H;1-4H,(H,8,9,10,11). The van der Waals surface area contributed by atoms with E-state index in [0.717, 1.165) is 25.6 Å². The van der Waals surface area contributed by atoms with Gasteiger partial charge in [-0.1, -0.05) is 50.1 Å². The predicted molar refractivity (Wildman–Crippen MR) is 152 cm³/mol. The highest BCUT2D eigenvalue weighted by molar-refractivity contribution is 9.10. The van der Waals surface area contributed by atoms with Crippen LogP contribution in [0.3, 0.4) is 0 Å². The van der Waals surface area contributed by atoms with E-state index in [-0.39, 0.29) is 0 Å². The van der Waals surface area contributed by atoms with E-state index in [1.807, 2.05) is 54.6 Å². The molecular formula is C26H17Br2ClN8O2. The second-order valence-corrected chi connectivity index (χ2v) is 9.60. The molecule has 39 heavy (non-hydrogen) atoms. The van der Waals surface area contributed by atoms with Crippen LogP contribution in [-0.4, -0.2) is 46.0 Å². The van der Waals surface area contributed by atoms with E-state index < -0.39 is 5.24 Å². The van der Waals surface area contributed by atoms with Gasteiger partial charge in [-0.25, -0.2) is 0 Å². The SMILES string of the molecule is Brc1cccc(-c2nnc(-c3cccnc3)o2)c1.O=C(Cl)c1cccc(Br)c1.c1cncc(-c2nn[nH]n2)c1. The number of carbonyl (C=O) groups is 1. The van der Waals surface area contributed by atoms with E-state index in [0.29, 0.717) is 23.2 Å². The minimum Gasteiger partial charge on any atom is -0.416 e. The topological polar surface area (TPSA) is 136 Å². The van der Waals surface area contributed by atoms with Crippen LogP contribution in [0.25, 0.3) is 34.3 Å². The van der Waals surface area contributed by atoms with Gasteiger partial charge >= 0.3 is 0 Å². The summed E-state index contributed by atoms with van der Waals surface area (Å²) in [4.78, 5) is 18.5. The molecule has 0 saturated carbocycles. The number of rotatable bonds is 4. The van der Waals surface area contributed by atoms with Crippen molar-refractivity contribution in [3.05, 3.63) is 112 Å². The Morgan fingerprint density at radius 2 is 1.36 bits per heavy atom. The van der Waals surface area contributed by atoms with E-state index in [9.17, 15) is 4.79 Å². The molecule has 6 aromatic rings. The average molecular weight is 669 g/mol. The Bertz CT molecular complexity index is 1620. The van der Waals surface area contributed by atoms with Crippen molar-refractivity contribution in [2.45, 2.75) is 0 Å². The minimum absolute atomic E-state index is 0.429.